The van der Waals surface area contributed by atoms with Crippen molar-refractivity contribution in [3.63, 3.8) is 0 Å². The van der Waals surface area contributed by atoms with Gasteiger partial charge in [-0.3, -0.25) is 5.32 Å². The molecule has 3 atom stereocenters. The minimum absolute atomic E-state index is 0.0744. The van der Waals surface area contributed by atoms with Crippen LogP contribution in [0.25, 0.3) is 0 Å². The number of nitrogens with two attached hydrogens (primary N) is 1. The van der Waals surface area contributed by atoms with Crippen LogP contribution in [-0.4, -0.2) is 25.5 Å². The summed E-state index contributed by atoms with van der Waals surface area (Å²) in [6.45, 7) is 1.85. The highest BCUT2D eigenvalue weighted by atomic mass is 15.5. The van der Waals surface area contributed by atoms with Gasteiger partial charge in [-0.2, -0.15) is 0 Å². The van der Waals surface area contributed by atoms with Crippen molar-refractivity contribution >= 4 is 0 Å². The van der Waals surface area contributed by atoms with Crippen LogP contribution in [0.1, 0.15) is 0 Å². The fraction of sp³-hybridized carbons (Fsp3) is 1.00. The van der Waals surface area contributed by atoms with Crippen LogP contribution in [0.3, 0.4) is 0 Å². The van der Waals surface area contributed by atoms with Crippen molar-refractivity contribution in [1.82, 2.24) is 21.5 Å². The van der Waals surface area contributed by atoms with Gasteiger partial charge in [-0.15, -0.1) is 0 Å². The third-order valence-corrected chi connectivity index (χ3v) is 2.12. The Labute approximate surface area is 59.7 Å². The molecule has 0 spiro atoms. The Morgan fingerprint density at radius 3 is 3.00 bits per heavy atom. The number of nitrogens with one attached hydrogen (secondary N) is 4. The van der Waals surface area contributed by atoms with Gasteiger partial charge in [0.15, 0.2) is 0 Å². The molecule has 0 radical (unpaired) electrons. The first-order valence-corrected chi connectivity index (χ1v) is 3.58. The smallest absolute Gasteiger partial charge is 0.0783 e. The van der Waals surface area contributed by atoms with Gasteiger partial charge < -0.3 is 11.1 Å². The predicted octanol–water partition coefficient (Wildman–Crippen LogP) is -2.53. The van der Waals surface area contributed by atoms with E-state index in [9.17, 15) is 0 Å². The normalized spacial score (nSPS) is 47.1. The van der Waals surface area contributed by atoms with Crippen LogP contribution in [-0.2, 0) is 0 Å². The van der Waals surface area contributed by atoms with Gasteiger partial charge >= 0.3 is 0 Å². The topological polar surface area (TPSA) is 74.1 Å². The van der Waals surface area contributed by atoms with Gasteiger partial charge in [0.05, 0.1) is 12.3 Å². The summed E-state index contributed by atoms with van der Waals surface area (Å²) < 4.78 is 0. The molecule has 2 aliphatic heterocycles. The second-order valence-electron chi connectivity index (χ2n) is 2.79. The lowest BCUT2D eigenvalue weighted by Gasteiger charge is -2.27. The molecular weight excluding hydrogens is 130 g/mol. The molecule has 0 aromatic carbocycles. The molecule has 2 fully saturated rings. The van der Waals surface area contributed by atoms with Gasteiger partial charge in [-0.05, 0) is 0 Å². The van der Waals surface area contributed by atoms with Crippen LogP contribution < -0.4 is 27.2 Å². The molecule has 2 saturated heterocycles. The molecule has 58 valence electrons. The molecule has 0 amide bonds. The molecule has 0 aromatic heterocycles. The van der Waals surface area contributed by atoms with Crippen molar-refractivity contribution < 1.29 is 0 Å². The van der Waals surface area contributed by atoms with Crippen LogP contribution in [0, 0.1) is 5.92 Å². The average molecular weight is 143 g/mol. The molecule has 5 heteroatoms. The maximum atomic E-state index is 5.74. The Balaban J connectivity index is 2.01. The highest BCUT2D eigenvalue weighted by molar-refractivity contribution is 4.89. The lowest BCUT2D eigenvalue weighted by molar-refractivity contribution is 0.284. The molecule has 2 heterocycles. The summed E-state index contributed by atoms with van der Waals surface area (Å²) in [6, 6.07) is 0. The summed E-state index contributed by atoms with van der Waals surface area (Å²) >= 11 is 0. The number of hydrogen-bond donors (Lipinski definition) is 5. The van der Waals surface area contributed by atoms with Crippen molar-refractivity contribution in [2.45, 2.75) is 12.3 Å². The van der Waals surface area contributed by atoms with E-state index in [0.29, 0.717) is 12.1 Å². The monoisotopic (exact) mass is 143 g/mol. The van der Waals surface area contributed by atoms with Crippen molar-refractivity contribution in [1.29, 1.82) is 0 Å². The van der Waals surface area contributed by atoms with Gasteiger partial charge in [0.25, 0.3) is 0 Å². The fourth-order valence-electron chi connectivity index (χ4n) is 1.48. The molecule has 0 saturated carbocycles. The van der Waals surface area contributed by atoms with E-state index in [0.717, 1.165) is 13.2 Å². The molecule has 10 heavy (non-hydrogen) atoms. The molecule has 0 aromatic rings. The molecule has 0 bridgehead atoms. The standard InChI is InChI=1S/C5H13N5/c6-4-3-1-7-2-8-5(3)10-9-4/h3-5,7-10H,1-2,6H2. The molecule has 0 aliphatic carbocycles. The lowest BCUT2D eigenvalue weighted by atomic mass is 10.0. The van der Waals surface area contributed by atoms with Crippen molar-refractivity contribution in [3.8, 4) is 0 Å². The number of hydrazine groups is 1. The van der Waals surface area contributed by atoms with Crippen molar-refractivity contribution in [2.24, 2.45) is 11.7 Å². The Hall–Kier alpha value is -0.200. The van der Waals surface area contributed by atoms with Crippen molar-refractivity contribution in [3.05, 3.63) is 0 Å². The van der Waals surface area contributed by atoms with Crippen LogP contribution in [0.5, 0.6) is 0 Å². The summed E-state index contributed by atoms with van der Waals surface area (Å²) in [5.74, 6) is 0.466. The van der Waals surface area contributed by atoms with Crippen LogP contribution in [0.4, 0.5) is 0 Å². The van der Waals surface area contributed by atoms with Crippen molar-refractivity contribution in [2.75, 3.05) is 13.2 Å². The summed E-state index contributed by atoms with van der Waals surface area (Å²) in [6.07, 6.45) is 0.418. The molecule has 2 rings (SSSR count). The molecule has 3 unspecified atom stereocenters. The first kappa shape index (κ1) is 6.51. The Morgan fingerprint density at radius 1 is 1.30 bits per heavy atom. The lowest BCUT2D eigenvalue weighted by Crippen LogP contribution is -2.55. The number of fused-ring (bicyclic) bond motifs is 1. The number of rotatable bonds is 0. The van der Waals surface area contributed by atoms with E-state index in [-0.39, 0.29) is 6.17 Å². The second-order valence-corrected chi connectivity index (χ2v) is 2.79. The Bertz CT molecular complexity index is 125. The van der Waals surface area contributed by atoms with Crippen LogP contribution in [0.15, 0.2) is 0 Å². The Morgan fingerprint density at radius 2 is 2.20 bits per heavy atom. The molecule has 2 aliphatic rings. The van der Waals surface area contributed by atoms with Gasteiger partial charge in [0, 0.05) is 19.1 Å². The largest absolute Gasteiger partial charge is 0.315 e. The zero-order valence-corrected chi connectivity index (χ0v) is 5.72. The predicted molar refractivity (Wildman–Crippen MR) is 37.5 cm³/mol. The maximum Gasteiger partial charge on any atom is 0.0783 e. The highest BCUT2D eigenvalue weighted by Crippen LogP contribution is 2.09. The first-order valence-electron chi connectivity index (χ1n) is 3.58. The zero-order valence-electron chi connectivity index (χ0n) is 5.72. The summed E-state index contributed by atoms with van der Waals surface area (Å²) in [5.41, 5.74) is 11.8. The van der Waals surface area contributed by atoms with E-state index in [1.165, 1.54) is 0 Å². The molecule has 6 N–H and O–H groups in total. The minimum atomic E-state index is 0.0744. The highest BCUT2D eigenvalue weighted by Gasteiger charge is 2.34. The summed E-state index contributed by atoms with van der Waals surface area (Å²) in [5, 5.41) is 6.46. The Kier molecular flexibility index (Phi) is 1.59. The van der Waals surface area contributed by atoms with Gasteiger partial charge in [0.2, 0.25) is 0 Å². The van der Waals surface area contributed by atoms with E-state index >= 15 is 0 Å². The van der Waals surface area contributed by atoms with Crippen LogP contribution >= 0.6 is 0 Å². The fourth-order valence-corrected chi connectivity index (χ4v) is 1.48. The molecular formula is C5H13N5. The van der Waals surface area contributed by atoms with E-state index < -0.39 is 0 Å². The van der Waals surface area contributed by atoms with E-state index in [4.69, 9.17) is 5.73 Å². The second kappa shape index (κ2) is 2.44. The summed E-state index contributed by atoms with van der Waals surface area (Å²) in [7, 11) is 0. The van der Waals surface area contributed by atoms with E-state index in [1.807, 2.05) is 0 Å². The maximum absolute atomic E-state index is 5.74. The minimum Gasteiger partial charge on any atom is -0.315 e. The van der Waals surface area contributed by atoms with Gasteiger partial charge in [-0.1, -0.05) is 0 Å². The third-order valence-electron chi connectivity index (χ3n) is 2.12. The van der Waals surface area contributed by atoms with Crippen LogP contribution in [0.2, 0.25) is 0 Å². The first-order chi connectivity index (χ1) is 4.88. The SMILES string of the molecule is NC1NNC2NCNCC12. The van der Waals surface area contributed by atoms with E-state index in [2.05, 4.69) is 21.5 Å². The third kappa shape index (κ3) is 0.920. The molecule has 5 nitrogen and oxygen atoms in total. The van der Waals surface area contributed by atoms with Gasteiger partial charge in [-0.25, -0.2) is 10.9 Å². The zero-order chi connectivity index (χ0) is 6.97. The summed E-state index contributed by atoms with van der Waals surface area (Å²) in [4.78, 5) is 0. The average Bonchev–Trinajstić information content (AvgIpc) is 2.34. The quantitative estimate of drug-likeness (QED) is 0.259. The van der Waals surface area contributed by atoms with E-state index in [1.54, 1.807) is 0 Å². The number of hydrogen-bond acceptors (Lipinski definition) is 5. The van der Waals surface area contributed by atoms with Gasteiger partial charge in [0.1, 0.15) is 0 Å².